The fourth-order valence-corrected chi connectivity index (χ4v) is 3.71. The Hall–Kier alpha value is -3.44. The number of rotatable bonds is 8. The van der Waals surface area contributed by atoms with Crippen molar-refractivity contribution < 1.29 is 29.2 Å². The number of carbonyl (C=O) groups excluding carboxylic acids is 2. The van der Waals surface area contributed by atoms with Crippen LogP contribution < -0.4 is 15.8 Å². The van der Waals surface area contributed by atoms with Crippen molar-refractivity contribution in [3.05, 3.63) is 63.7 Å². The number of hydrogen-bond acceptors (Lipinski definition) is 8. The quantitative estimate of drug-likeness (QED) is 0.420. The van der Waals surface area contributed by atoms with Crippen molar-refractivity contribution >= 4 is 34.6 Å². The lowest BCUT2D eigenvalue weighted by Gasteiger charge is -2.11. The van der Waals surface area contributed by atoms with Crippen LogP contribution in [0.2, 0.25) is 0 Å². The van der Waals surface area contributed by atoms with Gasteiger partial charge in [0.1, 0.15) is 17.5 Å². The van der Waals surface area contributed by atoms with Gasteiger partial charge in [0.15, 0.2) is 0 Å². The summed E-state index contributed by atoms with van der Waals surface area (Å²) in [5.74, 6) is -0.941. The van der Waals surface area contributed by atoms with Crippen LogP contribution in [-0.4, -0.2) is 38.4 Å². The molecule has 10 nitrogen and oxygen atoms in total. The largest absolute Gasteiger partial charge is 0.480 e. The number of nitro benzene ring substituents is 1. The highest BCUT2D eigenvalue weighted by Crippen LogP contribution is 2.30. The van der Waals surface area contributed by atoms with Crippen LogP contribution >= 0.6 is 11.8 Å². The van der Waals surface area contributed by atoms with Gasteiger partial charge in [0.25, 0.3) is 10.9 Å². The predicted molar refractivity (Wildman–Crippen MR) is 108 cm³/mol. The van der Waals surface area contributed by atoms with Gasteiger partial charge in [-0.2, -0.15) is 0 Å². The molecule has 2 atom stereocenters. The molecule has 2 aromatic rings. The van der Waals surface area contributed by atoms with Gasteiger partial charge in [0.05, 0.1) is 16.2 Å². The van der Waals surface area contributed by atoms with E-state index in [1.165, 1.54) is 18.2 Å². The Kier molecular flexibility index (Phi) is 6.33. The Morgan fingerprint density at radius 3 is 2.47 bits per heavy atom. The number of hydrogen-bond donors (Lipinski definition) is 3. The van der Waals surface area contributed by atoms with Crippen LogP contribution in [0.1, 0.15) is 11.1 Å². The fraction of sp³-hybridized carbons (Fsp3) is 0.211. The minimum absolute atomic E-state index is 0.185. The number of nitro groups is 1. The van der Waals surface area contributed by atoms with E-state index in [2.05, 4.69) is 5.32 Å². The lowest BCUT2D eigenvalue weighted by molar-refractivity contribution is -0.385. The summed E-state index contributed by atoms with van der Waals surface area (Å²) in [6.07, 6.45) is 0.197. The molecule has 0 aromatic heterocycles. The molecule has 1 heterocycles. The number of nitrogens with zero attached hydrogens (tertiary/aromatic N) is 1. The second-order valence-corrected chi connectivity index (χ2v) is 7.71. The fourth-order valence-electron chi connectivity index (χ4n) is 2.85. The first-order valence-electron chi connectivity index (χ1n) is 8.77. The highest BCUT2D eigenvalue weighted by Gasteiger charge is 2.31. The summed E-state index contributed by atoms with van der Waals surface area (Å²) in [5.41, 5.74) is 6.21. The summed E-state index contributed by atoms with van der Waals surface area (Å²) in [5, 5.41) is 21.6. The molecule has 1 aliphatic heterocycles. The molecule has 3 rings (SSSR count). The Balaban J connectivity index is 1.70. The van der Waals surface area contributed by atoms with Crippen molar-refractivity contribution in [2.24, 2.45) is 5.73 Å². The van der Waals surface area contributed by atoms with Crippen molar-refractivity contribution in [1.82, 2.24) is 5.32 Å². The van der Waals surface area contributed by atoms with Crippen molar-refractivity contribution in [3.63, 3.8) is 0 Å². The summed E-state index contributed by atoms with van der Waals surface area (Å²) in [4.78, 5) is 44.5. The Morgan fingerprint density at radius 1 is 1.23 bits per heavy atom. The topological polar surface area (TPSA) is 162 Å². The molecule has 2 amide bonds. The monoisotopic (exact) mass is 431 g/mol. The number of carboxylic acid groups (broad SMARTS) is 1. The van der Waals surface area contributed by atoms with Crippen molar-refractivity contribution in [2.45, 2.75) is 24.1 Å². The van der Waals surface area contributed by atoms with Gasteiger partial charge in [0, 0.05) is 12.0 Å². The van der Waals surface area contributed by atoms with E-state index in [1.54, 1.807) is 24.3 Å². The lowest BCUT2D eigenvalue weighted by atomic mass is 10.0. The third-order valence-electron chi connectivity index (χ3n) is 4.36. The Labute approximate surface area is 174 Å². The van der Waals surface area contributed by atoms with E-state index in [4.69, 9.17) is 15.6 Å². The van der Waals surface area contributed by atoms with Gasteiger partial charge in [-0.15, -0.1) is 0 Å². The number of thioether (sulfide) groups is 1. The average Bonchev–Trinajstić information content (AvgIpc) is 3.01. The highest BCUT2D eigenvalue weighted by atomic mass is 32.2. The van der Waals surface area contributed by atoms with Gasteiger partial charge in [-0.05, 0) is 36.2 Å². The summed E-state index contributed by atoms with van der Waals surface area (Å²) in [7, 11) is 0. The number of nitrogens with one attached hydrogen (secondary N) is 1. The van der Waals surface area contributed by atoms with Crippen LogP contribution in [0.4, 0.5) is 10.5 Å². The van der Waals surface area contributed by atoms with Gasteiger partial charge in [-0.1, -0.05) is 23.9 Å². The molecule has 1 fully saturated rings. The lowest BCUT2D eigenvalue weighted by Crippen LogP contribution is -2.32. The van der Waals surface area contributed by atoms with E-state index in [0.29, 0.717) is 12.2 Å². The maximum Gasteiger partial charge on any atom is 0.320 e. The van der Waals surface area contributed by atoms with Gasteiger partial charge >= 0.3 is 5.97 Å². The number of ether oxygens (including phenoxy) is 1. The third kappa shape index (κ3) is 5.13. The first-order valence-corrected chi connectivity index (χ1v) is 9.65. The smallest absolute Gasteiger partial charge is 0.320 e. The van der Waals surface area contributed by atoms with Gasteiger partial charge in [-0.25, -0.2) is 0 Å². The molecule has 2 aromatic carbocycles. The molecule has 0 aliphatic carbocycles. The van der Waals surface area contributed by atoms with Crippen molar-refractivity contribution in [1.29, 1.82) is 0 Å². The molecular weight excluding hydrogens is 414 g/mol. The zero-order chi connectivity index (χ0) is 21.8. The first kappa shape index (κ1) is 21.3. The molecule has 0 radical (unpaired) electrons. The van der Waals surface area contributed by atoms with Crippen molar-refractivity contribution in [3.8, 4) is 11.5 Å². The summed E-state index contributed by atoms with van der Waals surface area (Å²) in [6, 6.07) is 9.64. The maximum absolute atomic E-state index is 11.6. The standard InChI is InChI=1S/C19H17N3O7S/c20-14(18(24)25)8-11-3-6-13(9-15(11)22(27)28)29-12-4-1-10(2-5-12)7-16-17(23)21-19(26)30-16/h1-6,9,14,16H,7-8,20H2,(H,24,25)(H,21,23,26). The molecular formula is C19H17N3O7S. The number of aliphatic carboxylic acids is 1. The number of nitrogens with two attached hydrogens (primary N) is 1. The van der Waals surface area contributed by atoms with Crippen LogP contribution in [0.15, 0.2) is 42.5 Å². The van der Waals surface area contributed by atoms with Crippen LogP contribution in [0.25, 0.3) is 0 Å². The van der Waals surface area contributed by atoms with Gasteiger partial charge in [-0.3, -0.25) is 29.8 Å². The summed E-state index contributed by atoms with van der Waals surface area (Å²) in [6.45, 7) is 0. The van der Waals surface area contributed by atoms with Gasteiger partial charge in [0.2, 0.25) is 5.91 Å². The number of imide groups is 1. The summed E-state index contributed by atoms with van der Waals surface area (Å²) < 4.78 is 5.65. The molecule has 0 saturated carbocycles. The maximum atomic E-state index is 11.6. The molecule has 0 spiro atoms. The van der Waals surface area contributed by atoms with E-state index < -0.39 is 22.2 Å². The SMILES string of the molecule is NC(Cc1ccc(Oc2ccc(CC3SC(=O)NC3=O)cc2)cc1[N+](=O)[O-])C(=O)O. The molecule has 156 valence electrons. The third-order valence-corrected chi connectivity index (χ3v) is 5.34. The van der Waals surface area contributed by atoms with E-state index >= 15 is 0 Å². The Bertz CT molecular complexity index is 1010. The Morgan fingerprint density at radius 2 is 1.90 bits per heavy atom. The number of amides is 2. The number of benzene rings is 2. The number of carboxylic acids is 1. The van der Waals surface area contributed by atoms with E-state index in [1.807, 2.05) is 0 Å². The highest BCUT2D eigenvalue weighted by molar-refractivity contribution is 8.15. The normalized spacial score (nSPS) is 16.8. The molecule has 11 heteroatoms. The molecule has 0 bridgehead atoms. The van der Waals surface area contributed by atoms with Crippen LogP contribution in [-0.2, 0) is 22.4 Å². The predicted octanol–water partition coefficient (Wildman–Crippen LogP) is 2.24. The first-order chi connectivity index (χ1) is 14.2. The van der Waals surface area contributed by atoms with Crippen LogP contribution in [0, 0.1) is 10.1 Å². The zero-order valence-corrected chi connectivity index (χ0v) is 16.3. The average molecular weight is 431 g/mol. The van der Waals surface area contributed by atoms with Crippen LogP contribution in [0.3, 0.4) is 0 Å². The van der Waals surface area contributed by atoms with Crippen molar-refractivity contribution in [2.75, 3.05) is 0 Å². The minimum atomic E-state index is -1.25. The molecule has 2 unspecified atom stereocenters. The molecule has 30 heavy (non-hydrogen) atoms. The van der Waals surface area contributed by atoms with E-state index in [-0.39, 0.29) is 34.6 Å². The summed E-state index contributed by atoms with van der Waals surface area (Å²) >= 11 is 0.946. The molecule has 1 aliphatic rings. The zero-order valence-electron chi connectivity index (χ0n) is 15.4. The molecule has 1 saturated heterocycles. The van der Waals surface area contributed by atoms with Gasteiger partial charge < -0.3 is 15.6 Å². The van der Waals surface area contributed by atoms with E-state index in [9.17, 15) is 24.5 Å². The van der Waals surface area contributed by atoms with Crippen LogP contribution in [0.5, 0.6) is 11.5 Å². The second-order valence-electron chi connectivity index (χ2n) is 6.53. The minimum Gasteiger partial charge on any atom is -0.480 e. The van der Waals surface area contributed by atoms with E-state index in [0.717, 1.165) is 17.3 Å². The number of carbonyl (C=O) groups is 3. The second kappa shape index (κ2) is 8.93. The molecule has 4 N–H and O–H groups in total.